The summed E-state index contributed by atoms with van der Waals surface area (Å²) >= 11 is 6.16. The molecule has 0 aliphatic rings. The van der Waals surface area contributed by atoms with Crippen LogP contribution in [0.5, 0.6) is 0 Å². The molecule has 3 nitrogen and oxygen atoms in total. The molecule has 1 N–H and O–H groups in total. The van der Waals surface area contributed by atoms with Crippen LogP contribution in [-0.4, -0.2) is 22.9 Å². The first-order valence-electron chi connectivity index (χ1n) is 5.91. The minimum Gasteiger partial charge on any atom is -0.316 e. The van der Waals surface area contributed by atoms with Crippen molar-refractivity contribution in [2.75, 3.05) is 13.1 Å². The van der Waals surface area contributed by atoms with E-state index in [1.54, 1.807) is 4.68 Å². The largest absolute Gasteiger partial charge is 0.316 e. The summed E-state index contributed by atoms with van der Waals surface area (Å²) in [6, 6.07) is 0. The summed E-state index contributed by atoms with van der Waals surface area (Å²) in [6.45, 7) is 8.58. The topological polar surface area (TPSA) is 29.9 Å². The van der Waals surface area contributed by atoms with Gasteiger partial charge in [0, 0.05) is 12.6 Å². The molecule has 92 valence electrons. The van der Waals surface area contributed by atoms with Crippen LogP contribution in [0.1, 0.15) is 31.5 Å². The normalized spacial score (nSPS) is 11.4. The molecule has 1 aromatic heterocycles. The van der Waals surface area contributed by atoms with E-state index < -0.39 is 0 Å². The fraction of sp³-hybridized carbons (Fsp3) is 0.750. The highest BCUT2D eigenvalue weighted by Gasteiger charge is 2.10. The SMILES string of the molecule is Cc1nn(C)c(Cl)c1CCCNCC(C)C. The van der Waals surface area contributed by atoms with Crippen molar-refractivity contribution in [2.45, 2.75) is 33.6 Å². The molecule has 0 aliphatic carbocycles. The maximum atomic E-state index is 6.16. The summed E-state index contributed by atoms with van der Waals surface area (Å²) < 4.78 is 1.74. The van der Waals surface area contributed by atoms with E-state index >= 15 is 0 Å². The summed E-state index contributed by atoms with van der Waals surface area (Å²) in [5.74, 6) is 0.712. The Morgan fingerprint density at radius 2 is 2.12 bits per heavy atom. The highest BCUT2D eigenvalue weighted by molar-refractivity contribution is 6.30. The second-order valence-corrected chi connectivity index (χ2v) is 5.04. The monoisotopic (exact) mass is 243 g/mol. The van der Waals surface area contributed by atoms with E-state index in [0.29, 0.717) is 5.92 Å². The predicted octanol–water partition coefficient (Wildman–Crippen LogP) is 2.56. The Bertz CT molecular complexity index is 331. The molecule has 0 unspecified atom stereocenters. The summed E-state index contributed by atoms with van der Waals surface area (Å²) in [4.78, 5) is 0. The van der Waals surface area contributed by atoms with E-state index in [1.807, 2.05) is 14.0 Å². The maximum Gasteiger partial charge on any atom is 0.130 e. The Morgan fingerprint density at radius 1 is 1.44 bits per heavy atom. The number of nitrogens with one attached hydrogen (secondary N) is 1. The maximum absolute atomic E-state index is 6.16. The first-order chi connectivity index (χ1) is 7.52. The van der Waals surface area contributed by atoms with Gasteiger partial charge in [-0.15, -0.1) is 0 Å². The lowest BCUT2D eigenvalue weighted by Crippen LogP contribution is -2.21. The van der Waals surface area contributed by atoms with Crippen LogP contribution in [0, 0.1) is 12.8 Å². The highest BCUT2D eigenvalue weighted by atomic mass is 35.5. The van der Waals surface area contributed by atoms with Crippen LogP contribution in [0.25, 0.3) is 0 Å². The molecule has 1 aromatic rings. The van der Waals surface area contributed by atoms with Gasteiger partial charge in [-0.1, -0.05) is 25.4 Å². The molecule has 0 saturated carbocycles. The van der Waals surface area contributed by atoms with Crippen molar-refractivity contribution in [3.8, 4) is 0 Å². The van der Waals surface area contributed by atoms with E-state index in [4.69, 9.17) is 11.6 Å². The van der Waals surface area contributed by atoms with Gasteiger partial charge in [0.1, 0.15) is 5.15 Å². The molecule has 0 aliphatic heterocycles. The molecule has 0 amide bonds. The summed E-state index contributed by atoms with van der Waals surface area (Å²) in [7, 11) is 1.88. The van der Waals surface area contributed by atoms with Crippen LogP contribution < -0.4 is 5.32 Å². The van der Waals surface area contributed by atoms with Gasteiger partial charge in [-0.05, 0) is 38.8 Å². The third kappa shape index (κ3) is 3.80. The zero-order valence-electron chi connectivity index (χ0n) is 10.7. The van der Waals surface area contributed by atoms with Crippen LogP contribution in [0.4, 0.5) is 0 Å². The zero-order valence-corrected chi connectivity index (χ0v) is 11.4. The molecule has 0 bridgehead atoms. The average Bonchev–Trinajstić information content (AvgIpc) is 2.43. The Balaban J connectivity index is 2.32. The van der Waals surface area contributed by atoms with Gasteiger partial charge in [0.15, 0.2) is 0 Å². The smallest absolute Gasteiger partial charge is 0.130 e. The lowest BCUT2D eigenvalue weighted by Gasteiger charge is -2.06. The quantitative estimate of drug-likeness (QED) is 0.779. The third-order valence-electron chi connectivity index (χ3n) is 2.60. The Hall–Kier alpha value is -0.540. The van der Waals surface area contributed by atoms with Crippen LogP contribution in [0.2, 0.25) is 5.15 Å². The number of aromatic nitrogens is 2. The van der Waals surface area contributed by atoms with Crippen molar-refractivity contribution in [3.63, 3.8) is 0 Å². The fourth-order valence-electron chi connectivity index (χ4n) is 1.74. The van der Waals surface area contributed by atoms with E-state index in [1.165, 1.54) is 5.56 Å². The minimum atomic E-state index is 0.712. The Morgan fingerprint density at radius 3 is 2.62 bits per heavy atom. The number of aryl methyl sites for hydroxylation is 2. The van der Waals surface area contributed by atoms with Crippen molar-refractivity contribution in [2.24, 2.45) is 13.0 Å². The van der Waals surface area contributed by atoms with Gasteiger partial charge in [-0.25, -0.2) is 0 Å². The van der Waals surface area contributed by atoms with E-state index in [2.05, 4.69) is 24.3 Å². The van der Waals surface area contributed by atoms with Crippen molar-refractivity contribution >= 4 is 11.6 Å². The molecule has 0 atom stereocenters. The van der Waals surface area contributed by atoms with Gasteiger partial charge in [0.2, 0.25) is 0 Å². The molecule has 0 radical (unpaired) electrons. The molecule has 16 heavy (non-hydrogen) atoms. The first kappa shape index (κ1) is 13.5. The van der Waals surface area contributed by atoms with Gasteiger partial charge in [-0.3, -0.25) is 4.68 Å². The standard InChI is InChI=1S/C12H22ClN3/c1-9(2)8-14-7-5-6-11-10(3)15-16(4)12(11)13/h9,14H,5-8H2,1-4H3. The third-order valence-corrected chi connectivity index (χ3v) is 3.08. The van der Waals surface area contributed by atoms with Crippen molar-refractivity contribution in [1.82, 2.24) is 15.1 Å². The number of rotatable bonds is 6. The predicted molar refractivity (Wildman–Crippen MR) is 69.0 cm³/mol. The van der Waals surface area contributed by atoms with E-state index in [-0.39, 0.29) is 0 Å². The Labute approximate surface area is 103 Å². The van der Waals surface area contributed by atoms with Crippen LogP contribution in [0.3, 0.4) is 0 Å². The number of hydrogen-bond acceptors (Lipinski definition) is 2. The lowest BCUT2D eigenvalue weighted by atomic mass is 10.1. The van der Waals surface area contributed by atoms with Gasteiger partial charge in [0.25, 0.3) is 0 Å². The molecule has 0 spiro atoms. The lowest BCUT2D eigenvalue weighted by molar-refractivity contribution is 0.543. The van der Waals surface area contributed by atoms with Gasteiger partial charge < -0.3 is 5.32 Å². The summed E-state index contributed by atoms with van der Waals surface area (Å²) in [5, 5.41) is 8.51. The first-order valence-corrected chi connectivity index (χ1v) is 6.28. The second kappa shape index (κ2) is 6.26. The summed E-state index contributed by atoms with van der Waals surface area (Å²) in [6.07, 6.45) is 2.11. The van der Waals surface area contributed by atoms with E-state index in [9.17, 15) is 0 Å². The van der Waals surface area contributed by atoms with Crippen LogP contribution in [0.15, 0.2) is 0 Å². The van der Waals surface area contributed by atoms with Gasteiger partial charge in [-0.2, -0.15) is 5.10 Å². The molecule has 1 rings (SSSR count). The fourth-order valence-corrected chi connectivity index (χ4v) is 2.01. The van der Waals surface area contributed by atoms with E-state index in [0.717, 1.165) is 36.8 Å². The van der Waals surface area contributed by atoms with Crippen molar-refractivity contribution in [1.29, 1.82) is 0 Å². The van der Waals surface area contributed by atoms with Crippen molar-refractivity contribution < 1.29 is 0 Å². The highest BCUT2D eigenvalue weighted by Crippen LogP contribution is 2.19. The molecule has 1 heterocycles. The van der Waals surface area contributed by atoms with Crippen LogP contribution in [-0.2, 0) is 13.5 Å². The Kier molecular flexibility index (Phi) is 5.29. The van der Waals surface area contributed by atoms with Gasteiger partial charge >= 0.3 is 0 Å². The second-order valence-electron chi connectivity index (χ2n) is 4.68. The molecule has 4 heteroatoms. The average molecular weight is 244 g/mol. The molecule has 0 aromatic carbocycles. The zero-order chi connectivity index (χ0) is 12.1. The number of halogens is 1. The van der Waals surface area contributed by atoms with Crippen molar-refractivity contribution in [3.05, 3.63) is 16.4 Å². The molecular formula is C12H22ClN3. The molecule has 0 saturated heterocycles. The molecular weight excluding hydrogens is 222 g/mol. The van der Waals surface area contributed by atoms with Gasteiger partial charge in [0.05, 0.1) is 5.69 Å². The summed E-state index contributed by atoms with van der Waals surface area (Å²) in [5.41, 5.74) is 2.24. The minimum absolute atomic E-state index is 0.712. The van der Waals surface area contributed by atoms with Crippen LogP contribution >= 0.6 is 11.6 Å². The number of nitrogens with zero attached hydrogens (tertiary/aromatic N) is 2. The molecule has 0 fully saturated rings. The number of hydrogen-bond donors (Lipinski definition) is 1.